The second kappa shape index (κ2) is 10.2. The van der Waals surface area contributed by atoms with Crippen LogP contribution in [0.5, 0.6) is 0 Å². The minimum Gasteiger partial charge on any atom is -0.344 e. The van der Waals surface area contributed by atoms with E-state index in [0.29, 0.717) is 19.4 Å². The molecule has 1 heterocycles. The second-order valence-corrected chi connectivity index (χ2v) is 10.7. The number of carbonyl (C=O) groups is 3. The molecule has 30 heavy (non-hydrogen) atoms. The molecular formula is C22H32N2O5S. The van der Waals surface area contributed by atoms with Crippen molar-refractivity contribution in [2.75, 3.05) is 25.1 Å². The first-order valence-corrected chi connectivity index (χ1v) is 12.4. The maximum Gasteiger partial charge on any atom is 0.244 e. The van der Waals surface area contributed by atoms with E-state index in [9.17, 15) is 22.8 Å². The van der Waals surface area contributed by atoms with Crippen LogP contribution in [0.25, 0.3) is 0 Å². The molecule has 7 nitrogen and oxygen atoms in total. The number of nitrogens with zero attached hydrogens (tertiary/aromatic N) is 1. The van der Waals surface area contributed by atoms with Crippen molar-refractivity contribution in [2.45, 2.75) is 45.6 Å². The van der Waals surface area contributed by atoms with Gasteiger partial charge in [0.05, 0.1) is 5.92 Å². The molecule has 0 saturated carbocycles. The lowest BCUT2D eigenvalue weighted by atomic mass is 9.87. The summed E-state index contributed by atoms with van der Waals surface area (Å²) in [5.74, 6) is -2.10. The van der Waals surface area contributed by atoms with Gasteiger partial charge in [0.25, 0.3) is 0 Å². The fourth-order valence-corrected chi connectivity index (χ4v) is 4.71. The molecule has 1 aliphatic rings. The lowest BCUT2D eigenvalue weighted by molar-refractivity contribution is -0.139. The number of carbonyl (C=O) groups excluding carboxylic acids is 3. The Morgan fingerprint density at radius 3 is 2.33 bits per heavy atom. The molecule has 2 amide bonds. The monoisotopic (exact) mass is 436 g/mol. The van der Waals surface area contributed by atoms with E-state index in [1.807, 2.05) is 44.2 Å². The van der Waals surface area contributed by atoms with Crippen molar-refractivity contribution < 1.29 is 22.8 Å². The number of benzene rings is 1. The molecule has 1 aromatic rings. The lowest BCUT2D eigenvalue weighted by Crippen LogP contribution is -2.52. The number of rotatable bonds is 8. The van der Waals surface area contributed by atoms with Gasteiger partial charge in [-0.25, -0.2) is 8.42 Å². The van der Waals surface area contributed by atoms with Crippen molar-refractivity contribution in [3.8, 4) is 0 Å². The van der Waals surface area contributed by atoms with Crippen LogP contribution < -0.4 is 5.32 Å². The van der Waals surface area contributed by atoms with Gasteiger partial charge in [0.2, 0.25) is 11.8 Å². The average Bonchev–Trinajstić information content (AvgIpc) is 2.66. The molecule has 1 aromatic carbocycles. The molecule has 0 spiro atoms. The predicted octanol–water partition coefficient (Wildman–Crippen LogP) is 1.78. The topological polar surface area (TPSA) is 101 Å². The Hall–Kier alpha value is -2.22. The maximum atomic E-state index is 12.9. The number of Topliss-reactive ketones (excluding diaryl/α,β-unsaturated/α-hetero) is 1. The van der Waals surface area contributed by atoms with E-state index in [1.165, 1.54) is 0 Å². The highest BCUT2D eigenvalue weighted by Crippen LogP contribution is 2.25. The van der Waals surface area contributed by atoms with Gasteiger partial charge >= 0.3 is 0 Å². The van der Waals surface area contributed by atoms with E-state index >= 15 is 0 Å². The second-order valence-electron chi connectivity index (χ2n) is 8.52. The summed E-state index contributed by atoms with van der Waals surface area (Å²) in [6.45, 7) is 6.26. The van der Waals surface area contributed by atoms with Crippen LogP contribution in [0.15, 0.2) is 30.3 Å². The van der Waals surface area contributed by atoms with E-state index in [1.54, 1.807) is 11.8 Å². The standard InChI is InChI=1S/C22H32N2O5S/c1-15(2)20(17-9-6-5-7-10-17)21(26)23-16(3)22(27)24-12-8-11-18(13-24)19(25)14-30(4,28)29/h5-7,9-10,15-16,18,20H,8,11-14H2,1-4H3,(H,23,26)/t16-,18-,20-/m1/s1. The van der Waals surface area contributed by atoms with Gasteiger partial charge in [0.1, 0.15) is 11.8 Å². The van der Waals surface area contributed by atoms with Crippen LogP contribution in [0.4, 0.5) is 0 Å². The van der Waals surface area contributed by atoms with Crippen molar-refractivity contribution in [3.05, 3.63) is 35.9 Å². The third-order valence-electron chi connectivity index (χ3n) is 5.43. The Balaban J connectivity index is 2.02. The molecule has 0 aromatic heterocycles. The van der Waals surface area contributed by atoms with Crippen LogP contribution in [0.1, 0.15) is 45.1 Å². The minimum absolute atomic E-state index is 0.0580. The zero-order chi connectivity index (χ0) is 22.5. The van der Waals surface area contributed by atoms with Crippen LogP contribution in [0.2, 0.25) is 0 Å². The van der Waals surface area contributed by atoms with Gasteiger partial charge in [-0.05, 0) is 31.2 Å². The molecule has 8 heteroatoms. The Bertz CT molecular complexity index is 867. The summed E-state index contributed by atoms with van der Waals surface area (Å²) in [6, 6.07) is 8.73. The summed E-state index contributed by atoms with van der Waals surface area (Å²) in [6.07, 6.45) is 2.24. The number of likely N-dealkylation sites (tertiary alicyclic amines) is 1. The Morgan fingerprint density at radius 2 is 1.77 bits per heavy atom. The van der Waals surface area contributed by atoms with Crippen molar-refractivity contribution in [1.82, 2.24) is 10.2 Å². The van der Waals surface area contributed by atoms with Gasteiger partial charge in [0, 0.05) is 25.3 Å². The summed E-state index contributed by atoms with van der Waals surface area (Å²) >= 11 is 0. The molecular weight excluding hydrogens is 404 g/mol. The number of ketones is 1. The minimum atomic E-state index is -3.40. The molecule has 1 saturated heterocycles. The summed E-state index contributed by atoms with van der Waals surface area (Å²) in [5, 5.41) is 2.83. The van der Waals surface area contributed by atoms with E-state index in [2.05, 4.69) is 5.32 Å². The van der Waals surface area contributed by atoms with Gasteiger partial charge in [-0.3, -0.25) is 14.4 Å². The van der Waals surface area contributed by atoms with Gasteiger partial charge in [-0.2, -0.15) is 0 Å². The first-order valence-electron chi connectivity index (χ1n) is 10.3. The van der Waals surface area contributed by atoms with Crippen molar-refractivity contribution >= 4 is 27.4 Å². The molecule has 1 fully saturated rings. The number of amides is 2. The van der Waals surface area contributed by atoms with Gasteiger partial charge in [-0.15, -0.1) is 0 Å². The summed E-state index contributed by atoms with van der Waals surface area (Å²) < 4.78 is 22.8. The largest absolute Gasteiger partial charge is 0.344 e. The number of hydrogen-bond acceptors (Lipinski definition) is 5. The smallest absolute Gasteiger partial charge is 0.244 e. The van der Waals surface area contributed by atoms with Crippen molar-refractivity contribution in [2.24, 2.45) is 11.8 Å². The van der Waals surface area contributed by atoms with Crippen LogP contribution in [-0.2, 0) is 24.2 Å². The molecule has 1 aliphatic heterocycles. The van der Waals surface area contributed by atoms with E-state index in [4.69, 9.17) is 0 Å². The van der Waals surface area contributed by atoms with E-state index < -0.39 is 27.5 Å². The van der Waals surface area contributed by atoms with Gasteiger partial charge in [0.15, 0.2) is 15.6 Å². The highest BCUT2D eigenvalue weighted by Gasteiger charge is 2.33. The number of sulfone groups is 1. The lowest BCUT2D eigenvalue weighted by Gasteiger charge is -2.34. The number of hydrogen-bond donors (Lipinski definition) is 1. The molecule has 3 atom stereocenters. The van der Waals surface area contributed by atoms with Crippen LogP contribution in [-0.4, -0.2) is 62.1 Å². The average molecular weight is 437 g/mol. The summed E-state index contributed by atoms with van der Waals surface area (Å²) in [4.78, 5) is 39.6. The highest BCUT2D eigenvalue weighted by atomic mass is 32.2. The third kappa shape index (κ3) is 6.65. The first-order chi connectivity index (χ1) is 14.0. The number of nitrogens with one attached hydrogen (secondary N) is 1. The Morgan fingerprint density at radius 1 is 1.13 bits per heavy atom. The molecule has 0 aliphatic carbocycles. The SMILES string of the molecule is CC(C)[C@@H](C(=O)N[C@H](C)C(=O)N1CCC[C@@H](C(=O)CS(C)(=O)=O)C1)c1ccccc1. The fraction of sp³-hybridized carbons (Fsp3) is 0.591. The van der Waals surface area contributed by atoms with Gasteiger partial charge < -0.3 is 10.2 Å². The van der Waals surface area contributed by atoms with Crippen LogP contribution in [0.3, 0.4) is 0 Å². The fourth-order valence-electron chi connectivity index (χ4n) is 3.95. The van der Waals surface area contributed by atoms with E-state index in [0.717, 1.165) is 11.8 Å². The normalized spacial score (nSPS) is 19.2. The Labute approximate surface area is 179 Å². The maximum absolute atomic E-state index is 12.9. The molecule has 0 radical (unpaired) electrons. The molecule has 0 bridgehead atoms. The Kier molecular flexibility index (Phi) is 8.18. The van der Waals surface area contributed by atoms with E-state index in [-0.39, 0.29) is 36.0 Å². The first kappa shape index (κ1) is 24.1. The third-order valence-corrected chi connectivity index (χ3v) is 6.24. The van der Waals surface area contributed by atoms with Gasteiger partial charge in [-0.1, -0.05) is 44.2 Å². The predicted molar refractivity (Wildman–Crippen MR) is 116 cm³/mol. The number of piperidine rings is 1. The zero-order valence-corrected chi connectivity index (χ0v) is 18.9. The molecule has 0 unspecified atom stereocenters. The molecule has 1 N–H and O–H groups in total. The molecule has 166 valence electrons. The van der Waals surface area contributed by atoms with Crippen molar-refractivity contribution in [3.63, 3.8) is 0 Å². The summed E-state index contributed by atoms with van der Waals surface area (Å²) in [7, 11) is -3.40. The zero-order valence-electron chi connectivity index (χ0n) is 18.1. The highest BCUT2D eigenvalue weighted by molar-refractivity contribution is 7.91. The van der Waals surface area contributed by atoms with Crippen LogP contribution >= 0.6 is 0 Å². The van der Waals surface area contributed by atoms with Crippen molar-refractivity contribution in [1.29, 1.82) is 0 Å². The van der Waals surface area contributed by atoms with Crippen LogP contribution in [0, 0.1) is 11.8 Å². The summed E-state index contributed by atoms with van der Waals surface area (Å²) in [5.41, 5.74) is 0.897. The quantitative estimate of drug-likeness (QED) is 0.670. The molecule has 2 rings (SSSR count).